The maximum absolute atomic E-state index is 13.6. The molecule has 7 nitrogen and oxygen atoms in total. The minimum Gasteiger partial charge on any atom is -0.367 e. The van der Waals surface area contributed by atoms with E-state index in [2.05, 4.69) is 10.4 Å². The minimum atomic E-state index is -3.74. The molecule has 1 fully saturated rings. The summed E-state index contributed by atoms with van der Waals surface area (Å²) in [7, 11) is -1.79. The highest BCUT2D eigenvalue weighted by Crippen LogP contribution is 2.29. The number of rotatable bonds is 5. The molecule has 0 amide bonds. The highest BCUT2D eigenvalue weighted by atomic mass is 35.5. The van der Waals surface area contributed by atoms with Crippen LogP contribution in [0.5, 0.6) is 0 Å². The number of anilines is 1. The van der Waals surface area contributed by atoms with E-state index in [0.29, 0.717) is 31.0 Å². The molecule has 1 aliphatic rings. The molecule has 174 valence electrons. The maximum atomic E-state index is 13.6. The first-order valence-corrected chi connectivity index (χ1v) is 12.8. The average Bonchev–Trinajstić information content (AvgIpc) is 3.21. The zero-order valence-corrected chi connectivity index (χ0v) is 20.0. The molecule has 0 bridgehead atoms. The Balaban J connectivity index is 1.38. The Labute approximate surface area is 203 Å². The van der Waals surface area contributed by atoms with Gasteiger partial charge in [-0.3, -0.25) is 0 Å². The third kappa shape index (κ3) is 4.28. The summed E-state index contributed by atoms with van der Waals surface area (Å²) in [6, 6.07) is 14.6. The number of piperidine rings is 1. The van der Waals surface area contributed by atoms with Gasteiger partial charge in [0.05, 0.1) is 10.6 Å². The van der Waals surface area contributed by atoms with E-state index in [9.17, 15) is 12.8 Å². The Morgan fingerprint density at radius 3 is 2.59 bits per heavy atom. The standard InChI is InChI=1S/C23H22BClFN5O2S/c24-19-14-27-31-22(13-21(29-23(19)31)18-6-1-2-7-20(18)25)28-16-8-10-30(11-9-16)34(32,33)17-5-3-4-15(26)12-17/h1-7,12-14,16,28H,8-11,24H2. The van der Waals surface area contributed by atoms with E-state index in [-0.39, 0.29) is 10.9 Å². The van der Waals surface area contributed by atoms with Crippen molar-refractivity contribution in [2.45, 2.75) is 23.8 Å². The van der Waals surface area contributed by atoms with Gasteiger partial charge in [-0.05, 0) is 42.6 Å². The van der Waals surface area contributed by atoms with Crippen LogP contribution in [0.3, 0.4) is 0 Å². The molecule has 34 heavy (non-hydrogen) atoms. The van der Waals surface area contributed by atoms with Gasteiger partial charge >= 0.3 is 0 Å². The van der Waals surface area contributed by atoms with Crippen LogP contribution in [0.25, 0.3) is 16.9 Å². The van der Waals surface area contributed by atoms with Crippen molar-refractivity contribution in [2.24, 2.45) is 0 Å². The Hall–Kier alpha value is -2.95. The van der Waals surface area contributed by atoms with Crippen LogP contribution < -0.4 is 10.8 Å². The topological polar surface area (TPSA) is 79.6 Å². The Kier molecular flexibility index (Phi) is 6.05. The molecule has 0 aliphatic carbocycles. The zero-order chi connectivity index (χ0) is 23.9. The van der Waals surface area contributed by atoms with E-state index in [1.807, 2.05) is 38.2 Å². The van der Waals surface area contributed by atoms with E-state index in [0.717, 1.165) is 34.3 Å². The van der Waals surface area contributed by atoms with Crippen molar-refractivity contribution >= 4 is 46.4 Å². The molecule has 0 atom stereocenters. The number of aromatic nitrogens is 3. The molecular formula is C23H22BClFN5O2S. The molecule has 1 aliphatic heterocycles. The zero-order valence-electron chi connectivity index (χ0n) is 18.4. The van der Waals surface area contributed by atoms with Crippen molar-refractivity contribution < 1.29 is 12.8 Å². The summed E-state index contributed by atoms with van der Waals surface area (Å²) >= 11 is 6.42. The van der Waals surface area contributed by atoms with Gasteiger partial charge in [-0.1, -0.05) is 35.9 Å². The normalized spacial score (nSPS) is 15.6. The lowest BCUT2D eigenvalue weighted by Crippen LogP contribution is -2.42. The van der Waals surface area contributed by atoms with Gasteiger partial charge in [0.25, 0.3) is 0 Å². The van der Waals surface area contributed by atoms with Crippen molar-refractivity contribution in [3.63, 3.8) is 0 Å². The largest absolute Gasteiger partial charge is 0.367 e. The minimum absolute atomic E-state index is 0.0221. The van der Waals surface area contributed by atoms with Gasteiger partial charge < -0.3 is 5.32 Å². The first-order valence-electron chi connectivity index (χ1n) is 11.0. The van der Waals surface area contributed by atoms with E-state index in [4.69, 9.17) is 16.6 Å². The van der Waals surface area contributed by atoms with Gasteiger partial charge in [0.2, 0.25) is 10.0 Å². The SMILES string of the molecule is Bc1cnn2c(NC3CCN(S(=O)(=O)c4cccc(F)c4)CC3)cc(-c3ccccc3Cl)nc12. The molecule has 5 rings (SSSR count). The maximum Gasteiger partial charge on any atom is 0.243 e. The van der Waals surface area contributed by atoms with Gasteiger partial charge in [0, 0.05) is 42.0 Å². The van der Waals surface area contributed by atoms with Crippen LogP contribution in [0.2, 0.25) is 5.02 Å². The summed E-state index contributed by atoms with van der Waals surface area (Å²) in [5.74, 6) is 0.197. The van der Waals surface area contributed by atoms with Crippen molar-refractivity contribution in [3.05, 3.63) is 71.6 Å². The molecule has 11 heteroatoms. The number of nitrogens with one attached hydrogen (secondary N) is 1. The quantitative estimate of drug-likeness (QED) is 0.429. The third-order valence-corrected chi connectivity index (χ3v) is 8.26. The number of nitrogens with zero attached hydrogens (tertiary/aromatic N) is 4. The second-order valence-corrected chi connectivity index (χ2v) is 10.7. The third-order valence-electron chi connectivity index (χ3n) is 6.04. The van der Waals surface area contributed by atoms with Crippen LogP contribution >= 0.6 is 11.6 Å². The molecule has 1 N–H and O–H groups in total. The summed E-state index contributed by atoms with van der Waals surface area (Å²) < 4.78 is 42.6. The number of hydrogen-bond donors (Lipinski definition) is 1. The van der Waals surface area contributed by atoms with Crippen LogP contribution in [-0.4, -0.2) is 54.3 Å². The number of halogens is 2. The van der Waals surface area contributed by atoms with Gasteiger partial charge in [-0.25, -0.2) is 17.8 Å². The fourth-order valence-electron chi connectivity index (χ4n) is 4.21. The number of benzene rings is 2. The molecule has 2 aromatic carbocycles. The lowest BCUT2D eigenvalue weighted by atomic mass is 10.0. The first kappa shape index (κ1) is 22.8. The predicted octanol–water partition coefficient (Wildman–Crippen LogP) is 2.71. The van der Waals surface area contributed by atoms with Gasteiger partial charge in [0.1, 0.15) is 19.5 Å². The predicted molar refractivity (Wildman–Crippen MR) is 133 cm³/mol. The fraction of sp³-hybridized carbons (Fsp3) is 0.217. The Bertz CT molecular complexity index is 1470. The van der Waals surface area contributed by atoms with Crippen LogP contribution in [0.15, 0.2) is 65.7 Å². The summed E-state index contributed by atoms with van der Waals surface area (Å²) in [5, 5.41) is 8.59. The van der Waals surface area contributed by atoms with Gasteiger partial charge in [-0.2, -0.15) is 13.9 Å². The van der Waals surface area contributed by atoms with E-state index in [1.165, 1.54) is 22.5 Å². The molecule has 3 heterocycles. The molecule has 0 saturated carbocycles. The first-order chi connectivity index (χ1) is 16.3. The van der Waals surface area contributed by atoms with Gasteiger partial charge in [0.15, 0.2) is 5.65 Å². The number of hydrogen-bond acceptors (Lipinski definition) is 5. The van der Waals surface area contributed by atoms with E-state index < -0.39 is 15.8 Å². The summed E-state index contributed by atoms with van der Waals surface area (Å²) in [4.78, 5) is 4.74. The summed E-state index contributed by atoms with van der Waals surface area (Å²) in [5.41, 5.74) is 3.22. The van der Waals surface area contributed by atoms with Crippen LogP contribution in [0, 0.1) is 5.82 Å². The van der Waals surface area contributed by atoms with Crippen LogP contribution in [-0.2, 0) is 10.0 Å². The van der Waals surface area contributed by atoms with Gasteiger partial charge in [-0.15, -0.1) is 0 Å². The highest BCUT2D eigenvalue weighted by Gasteiger charge is 2.30. The van der Waals surface area contributed by atoms with E-state index in [1.54, 1.807) is 10.7 Å². The molecular weight excluding hydrogens is 476 g/mol. The van der Waals surface area contributed by atoms with Crippen LogP contribution in [0.4, 0.5) is 10.2 Å². The van der Waals surface area contributed by atoms with Crippen molar-refractivity contribution in [1.29, 1.82) is 0 Å². The molecule has 0 unspecified atom stereocenters. The lowest BCUT2D eigenvalue weighted by molar-refractivity contribution is 0.329. The van der Waals surface area contributed by atoms with Crippen molar-refractivity contribution in [2.75, 3.05) is 18.4 Å². The van der Waals surface area contributed by atoms with Crippen molar-refractivity contribution in [3.8, 4) is 11.3 Å². The Morgan fingerprint density at radius 1 is 1.09 bits per heavy atom. The second-order valence-electron chi connectivity index (χ2n) is 8.35. The lowest BCUT2D eigenvalue weighted by Gasteiger charge is -2.32. The molecule has 4 aromatic rings. The van der Waals surface area contributed by atoms with Crippen molar-refractivity contribution in [1.82, 2.24) is 18.9 Å². The number of sulfonamides is 1. The molecule has 0 spiro atoms. The molecule has 2 aromatic heterocycles. The second kappa shape index (κ2) is 9.01. The summed E-state index contributed by atoms with van der Waals surface area (Å²) in [6.07, 6.45) is 2.96. The van der Waals surface area contributed by atoms with E-state index >= 15 is 0 Å². The molecule has 0 radical (unpaired) electrons. The fourth-order valence-corrected chi connectivity index (χ4v) is 5.94. The summed E-state index contributed by atoms with van der Waals surface area (Å²) in [6.45, 7) is 0.667. The molecule has 1 saturated heterocycles. The Morgan fingerprint density at radius 2 is 1.85 bits per heavy atom. The smallest absolute Gasteiger partial charge is 0.243 e. The van der Waals surface area contributed by atoms with Crippen LogP contribution in [0.1, 0.15) is 12.8 Å². The highest BCUT2D eigenvalue weighted by molar-refractivity contribution is 7.89. The average molecular weight is 498 g/mol. The number of fused-ring (bicyclic) bond motifs is 1. The monoisotopic (exact) mass is 497 g/mol.